The van der Waals surface area contributed by atoms with Crippen LogP contribution in [0.2, 0.25) is 0 Å². The molecule has 0 atom stereocenters. The summed E-state index contributed by atoms with van der Waals surface area (Å²) < 4.78 is 19.3. The van der Waals surface area contributed by atoms with Crippen LogP contribution in [-0.2, 0) is 9.53 Å². The summed E-state index contributed by atoms with van der Waals surface area (Å²) in [6.07, 6.45) is 1.71. The minimum atomic E-state index is -0.246. The zero-order valence-corrected chi connectivity index (χ0v) is 15.9. The highest BCUT2D eigenvalue weighted by molar-refractivity contribution is 5.78. The van der Waals surface area contributed by atoms with Crippen molar-refractivity contribution in [3.8, 4) is 11.1 Å². The van der Waals surface area contributed by atoms with Gasteiger partial charge in [-0.05, 0) is 18.2 Å². The number of hydrogen-bond acceptors (Lipinski definition) is 5. The second-order valence-electron chi connectivity index (χ2n) is 7.14. The smallest absolute Gasteiger partial charge is 0.236 e. The molecule has 0 radical (unpaired) electrons. The Hall–Kier alpha value is -2.51. The van der Waals surface area contributed by atoms with Crippen molar-refractivity contribution in [2.75, 3.05) is 63.9 Å². The molecule has 2 aliphatic rings. The first-order valence-electron chi connectivity index (χ1n) is 9.74. The van der Waals surface area contributed by atoms with Crippen molar-refractivity contribution < 1.29 is 13.9 Å². The molecule has 2 aliphatic heterocycles. The number of morpholine rings is 1. The normalized spacial score (nSPS) is 18.3. The summed E-state index contributed by atoms with van der Waals surface area (Å²) in [5.74, 6) is 0.800. The molecule has 0 spiro atoms. The van der Waals surface area contributed by atoms with Gasteiger partial charge in [-0.15, -0.1) is 0 Å². The van der Waals surface area contributed by atoms with E-state index in [4.69, 9.17) is 4.74 Å². The van der Waals surface area contributed by atoms with Gasteiger partial charge in [0.05, 0.1) is 19.8 Å². The molecule has 3 heterocycles. The van der Waals surface area contributed by atoms with E-state index in [-0.39, 0.29) is 11.7 Å². The highest BCUT2D eigenvalue weighted by atomic mass is 19.1. The molecule has 6 nitrogen and oxygen atoms in total. The number of nitrogens with zero attached hydrogens (tertiary/aromatic N) is 4. The SMILES string of the molecule is O=C(CN1CCOCC1)N1CCN(c2ccc(-c3ccccc3F)cn2)CC1. The Balaban J connectivity index is 1.32. The van der Waals surface area contributed by atoms with Gasteiger partial charge >= 0.3 is 0 Å². The molecule has 0 N–H and O–H groups in total. The van der Waals surface area contributed by atoms with Gasteiger partial charge < -0.3 is 14.5 Å². The van der Waals surface area contributed by atoms with Gasteiger partial charge in [-0.2, -0.15) is 0 Å². The zero-order chi connectivity index (χ0) is 19.3. The molecule has 0 unspecified atom stereocenters. The second-order valence-corrected chi connectivity index (χ2v) is 7.14. The van der Waals surface area contributed by atoms with E-state index in [2.05, 4.69) is 14.8 Å². The number of benzene rings is 1. The molecule has 148 valence electrons. The fourth-order valence-electron chi connectivity index (χ4n) is 3.66. The van der Waals surface area contributed by atoms with Crippen LogP contribution in [0.3, 0.4) is 0 Å². The monoisotopic (exact) mass is 384 g/mol. The van der Waals surface area contributed by atoms with Gasteiger partial charge in [0.15, 0.2) is 0 Å². The first-order valence-corrected chi connectivity index (χ1v) is 9.74. The van der Waals surface area contributed by atoms with E-state index in [1.165, 1.54) is 6.07 Å². The highest BCUT2D eigenvalue weighted by Crippen LogP contribution is 2.24. The molecule has 1 aromatic heterocycles. The van der Waals surface area contributed by atoms with Gasteiger partial charge in [0, 0.05) is 56.6 Å². The summed E-state index contributed by atoms with van der Waals surface area (Å²) in [4.78, 5) is 23.3. The summed E-state index contributed by atoms with van der Waals surface area (Å²) in [5, 5.41) is 0. The standard InChI is InChI=1S/C21H25FN4O2/c22-19-4-2-1-3-18(19)17-5-6-20(23-15-17)25-7-9-26(10-8-25)21(27)16-24-11-13-28-14-12-24/h1-6,15H,7-14,16H2. The van der Waals surface area contributed by atoms with Gasteiger partial charge in [-0.1, -0.05) is 18.2 Å². The van der Waals surface area contributed by atoms with Crippen LogP contribution in [-0.4, -0.2) is 79.7 Å². The summed E-state index contributed by atoms with van der Waals surface area (Å²) in [6, 6.07) is 10.5. The van der Waals surface area contributed by atoms with Gasteiger partial charge in [0.2, 0.25) is 5.91 Å². The van der Waals surface area contributed by atoms with Crippen LogP contribution in [0.1, 0.15) is 0 Å². The molecular weight excluding hydrogens is 359 g/mol. The van der Waals surface area contributed by atoms with Crippen molar-refractivity contribution in [3.63, 3.8) is 0 Å². The number of pyridine rings is 1. The maximum atomic E-state index is 13.9. The molecule has 1 amide bonds. The minimum Gasteiger partial charge on any atom is -0.379 e. The lowest BCUT2D eigenvalue weighted by atomic mass is 10.1. The Kier molecular flexibility index (Phi) is 5.83. The number of halogens is 1. The topological polar surface area (TPSA) is 48.9 Å². The van der Waals surface area contributed by atoms with Crippen LogP contribution in [0.15, 0.2) is 42.6 Å². The number of rotatable bonds is 4. The number of ether oxygens (including phenoxy) is 1. The Labute approximate surface area is 164 Å². The van der Waals surface area contributed by atoms with Crippen LogP contribution in [0.4, 0.5) is 10.2 Å². The zero-order valence-electron chi connectivity index (χ0n) is 15.9. The van der Waals surface area contributed by atoms with Crippen LogP contribution >= 0.6 is 0 Å². The van der Waals surface area contributed by atoms with Gasteiger partial charge in [0.25, 0.3) is 0 Å². The molecule has 2 aromatic rings. The summed E-state index contributed by atoms with van der Waals surface area (Å²) in [7, 11) is 0. The van der Waals surface area contributed by atoms with Crippen molar-refractivity contribution in [1.29, 1.82) is 0 Å². The number of hydrogen-bond donors (Lipinski definition) is 0. The van der Waals surface area contributed by atoms with E-state index in [9.17, 15) is 9.18 Å². The third-order valence-electron chi connectivity index (χ3n) is 5.35. The van der Waals surface area contributed by atoms with Crippen LogP contribution < -0.4 is 4.90 Å². The molecule has 2 saturated heterocycles. The van der Waals surface area contributed by atoms with Crippen molar-refractivity contribution in [2.24, 2.45) is 0 Å². The maximum absolute atomic E-state index is 13.9. The third-order valence-corrected chi connectivity index (χ3v) is 5.35. The fraction of sp³-hybridized carbons (Fsp3) is 0.429. The van der Waals surface area contributed by atoms with Gasteiger partial charge in [-0.3, -0.25) is 9.69 Å². The van der Waals surface area contributed by atoms with E-state index in [1.807, 2.05) is 23.1 Å². The minimum absolute atomic E-state index is 0.185. The number of carbonyl (C=O) groups excluding carboxylic acids is 1. The maximum Gasteiger partial charge on any atom is 0.236 e. The molecule has 7 heteroatoms. The average molecular weight is 384 g/mol. The first kappa shape index (κ1) is 18.8. The molecule has 0 aliphatic carbocycles. The Bertz CT molecular complexity index is 800. The lowest BCUT2D eigenvalue weighted by Crippen LogP contribution is -2.52. The number of piperazine rings is 1. The van der Waals surface area contributed by atoms with Crippen LogP contribution in [0.5, 0.6) is 0 Å². The Morgan fingerprint density at radius 2 is 1.75 bits per heavy atom. The highest BCUT2D eigenvalue weighted by Gasteiger charge is 2.24. The van der Waals surface area contributed by atoms with E-state index in [1.54, 1.807) is 18.3 Å². The predicted molar refractivity (Wildman–Crippen MR) is 106 cm³/mol. The Morgan fingerprint density at radius 3 is 2.43 bits per heavy atom. The fourth-order valence-corrected chi connectivity index (χ4v) is 3.66. The summed E-state index contributed by atoms with van der Waals surface area (Å²) in [5.41, 5.74) is 1.32. The van der Waals surface area contributed by atoms with Crippen molar-refractivity contribution >= 4 is 11.7 Å². The van der Waals surface area contributed by atoms with Crippen LogP contribution in [0.25, 0.3) is 11.1 Å². The quantitative estimate of drug-likeness (QED) is 0.806. The Morgan fingerprint density at radius 1 is 1.00 bits per heavy atom. The first-order chi connectivity index (χ1) is 13.7. The van der Waals surface area contributed by atoms with Crippen molar-refractivity contribution in [2.45, 2.75) is 0 Å². The predicted octanol–water partition coefficient (Wildman–Crippen LogP) is 1.87. The lowest BCUT2D eigenvalue weighted by molar-refractivity contribution is -0.133. The number of carbonyl (C=O) groups is 1. The van der Waals surface area contributed by atoms with E-state index in [0.717, 1.165) is 37.6 Å². The van der Waals surface area contributed by atoms with Crippen molar-refractivity contribution in [3.05, 3.63) is 48.4 Å². The number of anilines is 1. The molecule has 1 aromatic carbocycles. The molecule has 28 heavy (non-hydrogen) atoms. The number of aromatic nitrogens is 1. The molecule has 0 bridgehead atoms. The molecule has 2 fully saturated rings. The second kappa shape index (κ2) is 8.67. The van der Waals surface area contributed by atoms with Crippen LogP contribution in [0, 0.1) is 5.82 Å². The summed E-state index contributed by atoms with van der Waals surface area (Å²) in [6.45, 7) is 6.42. The molecule has 0 saturated carbocycles. The third kappa shape index (κ3) is 4.31. The molecule has 4 rings (SSSR count). The van der Waals surface area contributed by atoms with E-state index in [0.29, 0.717) is 38.4 Å². The number of amides is 1. The van der Waals surface area contributed by atoms with Gasteiger partial charge in [0.1, 0.15) is 11.6 Å². The summed E-state index contributed by atoms with van der Waals surface area (Å²) >= 11 is 0. The van der Waals surface area contributed by atoms with Crippen molar-refractivity contribution in [1.82, 2.24) is 14.8 Å². The average Bonchev–Trinajstić information content (AvgIpc) is 2.75. The van der Waals surface area contributed by atoms with E-state index >= 15 is 0 Å². The van der Waals surface area contributed by atoms with Gasteiger partial charge in [-0.25, -0.2) is 9.37 Å². The van der Waals surface area contributed by atoms with E-state index < -0.39 is 0 Å². The largest absolute Gasteiger partial charge is 0.379 e. The molecular formula is C21H25FN4O2. The lowest BCUT2D eigenvalue weighted by Gasteiger charge is -2.36.